The predicted molar refractivity (Wildman–Crippen MR) is 86.3 cm³/mol. The van der Waals surface area contributed by atoms with E-state index in [1.807, 2.05) is 28.9 Å². The second-order valence-electron chi connectivity index (χ2n) is 5.24. The minimum atomic E-state index is 0.171. The normalized spacial score (nSPS) is 12.5. The number of anilines is 1. The minimum Gasteiger partial charge on any atom is -0.353 e. The van der Waals surface area contributed by atoms with E-state index in [4.69, 9.17) is 0 Å². The number of benzene rings is 2. The molecule has 0 amide bonds. The van der Waals surface area contributed by atoms with E-state index >= 15 is 0 Å². The number of hydrogen-bond acceptors (Lipinski definition) is 3. The number of nitrogens with zero attached hydrogens (tertiary/aromatic N) is 4. The van der Waals surface area contributed by atoms with Crippen LogP contribution in [0, 0.1) is 0 Å². The molecule has 0 spiro atoms. The lowest BCUT2D eigenvalue weighted by Crippen LogP contribution is -2.29. The van der Waals surface area contributed by atoms with E-state index in [0.717, 1.165) is 23.9 Å². The summed E-state index contributed by atoms with van der Waals surface area (Å²) in [7, 11) is 2.12. The minimum absolute atomic E-state index is 0.171. The first-order valence-corrected chi connectivity index (χ1v) is 7.39. The average molecular weight is 280 g/mol. The van der Waals surface area contributed by atoms with Crippen LogP contribution in [0.1, 0.15) is 25.9 Å². The fourth-order valence-electron chi connectivity index (χ4n) is 2.68. The van der Waals surface area contributed by atoms with Gasteiger partial charge in [0.25, 0.3) is 0 Å². The van der Waals surface area contributed by atoms with Crippen molar-refractivity contribution in [2.75, 3.05) is 11.9 Å². The SMILES string of the molecule is CCCC(N(C)c1ccccc1)n1nnc2ccccc21. The quantitative estimate of drug-likeness (QED) is 0.711. The zero-order valence-corrected chi connectivity index (χ0v) is 12.5. The van der Waals surface area contributed by atoms with Crippen LogP contribution in [0.2, 0.25) is 0 Å². The summed E-state index contributed by atoms with van der Waals surface area (Å²) in [6, 6.07) is 18.5. The van der Waals surface area contributed by atoms with Gasteiger partial charge in [0.05, 0.1) is 5.52 Å². The van der Waals surface area contributed by atoms with Crippen LogP contribution in [-0.2, 0) is 0 Å². The fraction of sp³-hybridized carbons (Fsp3) is 0.294. The number of rotatable bonds is 5. The Kier molecular flexibility index (Phi) is 3.86. The van der Waals surface area contributed by atoms with Crippen LogP contribution in [0.5, 0.6) is 0 Å². The van der Waals surface area contributed by atoms with Gasteiger partial charge in [-0.15, -0.1) is 5.10 Å². The van der Waals surface area contributed by atoms with Crippen molar-refractivity contribution in [2.45, 2.75) is 25.9 Å². The van der Waals surface area contributed by atoms with Gasteiger partial charge in [0, 0.05) is 12.7 Å². The highest BCUT2D eigenvalue weighted by atomic mass is 15.5. The van der Waals surface area contributed by atoms with Crippen LogP contribution in [0.15, 0.2) is 54.6 Å². The molecule has 0 N–H and O–H groups in total. The summed E-state index contributed by atoms with van der Waals surface area (Å²) in [5, 5.41) is 8.67. The van der Waals surface area contributed by atoms with Crippen LogP contribution in [0.25, 0.3) is 11.0 Å². The highest BCUT2D eigenvalue weighted by Crippen LogP contribution is 2.26. The summed E-state index contributed by atoms with van der Waals surface area (Å²) in [6.07, 6.45) is 2.29. The lowest BCUT2D eigenvalue weighted by molar-refractivity contribution is 0.416. The van der Waals surface area contributed by atoms with Gasteiger partial charge >= 0.3 is 0 Å². The van der Waals surface area contributed by atoms with Crippen molar-refractivity contribution in [2.24, 2.45) is 0 Å². The van der Waals surface area contributed by atoms with Crippen LogP contribution in [0.4, 0.5) is 5.69 Å². The van der Waals surface area contributed by atoms with Gasteiger partial charge in [0.15, 0.2) is 0 Å². The molecule has 1 atom stereocenters. The molecule has 1 unspecified atom stereocenters. The van der Waals surface area contributed by atoms with Crippen LogP contribution in [0.3, 0.4) is 0 Å². The van der Waals surface area contributed by atoms with Crippen LogP contribution >= 0.6 is 0 Å². The lowest BCUT2D eigenvalue weighted by Gasteiger charge is -2.30. The van der Waals surface area contributed by atoms with Gasteiger partial charge in [-0.05, 0) is 30.7 Å². The molecule has 3 aromatic rings. The summed E-state index contributed by atoms with van der Waals surface area (Å²) in [6.45, 7) is 2.20. The molecular weight excluding hydrogens is 260 g/mol. The Bertz CT molecular complexity index is 705. The van der Waals surface area contributed by atoms with Crippen LogP contribution in [-0.4, -0.2) is 22.0 Å². The highest BCUT2D eigenvalue weighted by Gasteiger charge is 2.19. The molecule has 3 rings (SSSR count). The summed E-state index contributed by atoms with van der Waals surface area (Å²) in [5.74, 6) is 0. The third kappa shape index (κ3) is 2.61. The van der Waals surface area contributed by atoms with Crippen molar-refractivity contribution in [1.29, 1.82) is 0 Å². The molecule has 0 aliphatic carbocycles. The fourth-order valence-corrected chi connectivity index (χ4v) is 2.68. The molecule has 0 bridgehead atoms. The predicted octanol–water partition coefficient (Wildman–Crippen LogP) is 3.87. The van der Waals surface area contributed by atoms with E-state index < -0.39 is 0 Å². The summed E-state index contributed by atoms with van der Waals surface area (Å²) in [4.78, 5) is 2.27. The maximum Gasteiger partial charge on any atom is 0.125 e. The van der Waals surface area contributed by atoms with Crippen molar-refractivity contribution >= 4 is 16.7 Å². The van der Waals surface area contributed by atoms with E-state index in [1.54, 1.807) is 0 Å². The molecule has 0 radical (unpaired) electrons. The van der Waals surface area contributed by atoms with Gasteiger partial charge in [0.1, 0.15) is 11.7 Å². The molecule has 0 aliphatic rings. The molecule has 0 fully saturated rings. The van der Waals surface area contributed by atoms with Gasteiger partial charge in [0.2, 0.25) is 0 Å². The second kappa shape index (κ2) is 5.95. The van der Waals surface area contributed by atoms with Crippen molar-refractivity contribution in [3.8, 4) is 0 Å². The Morgan fingerprint density at radius 1 is 1.05 bits per heavy atom. The Labute approximate surface area is 125 Å². The molecule has 21 heavy (non-hydrogen) atoms. The first-order valence-electron chi connectivity index (χ1n) is 7.39. The summed E-state index contributed by atoms with van der Waals surface area (Å²) in [5.41, 5.74) is 3.22. The molecule has 1 aromatic heterocycles. The Morgan fingerprint density at radius 3 is 2.52 bits per heavy atom. The average Bonchev–Trinajstić information content (AvgIpc) is 2.97. The van der Waals surface area contributed by atoms with Crippen molar-refractivity contribution in [3.05, 3.63) is 54.6 Å². The third-order valence-corrected chi connectivity index (χ3v) is 3.82. The number of aromatic nitrogens is 3. The van der Waals surface area contributed by atoms with Gasteiger partial charge in [-0.1, -0.05) is 48.9 Å². The Hall–Kier alpha value is -2.36. The Balaban J connectivity index is 2.01. The van der Waals surface area contributed by atoms with Gasteiger partial charge < -0.3 is 4.90 Å². The number of para-hydroxylation sites is 2. The second-order valence-corrected chi connectivity index (χ2v) is 5.24. The van der Waals surface area contributed by atoms with E-state index in [2.05, 4.69) is 59.5 Å². The molecule has 1 heterocycles. The largest absolute Gasteiger partial charge is 0.353 e. The lowest BCUT2D eigenvalue weighted by atomic mass is 10.2. The van der Waals surface area contributed by atoms with Crippen molar-refractivity contribution in [3.63, 3.8) is 0 Å². The van der Waals surface area contributed by atoms with Gasteiger partial charge in [-0.2, -0.15) is 0 Å². The molecule has 4 heteroatoms. The highest BCUT2D eigenvalue weighted by molar-refractivity contribution is 5.74. The number of fused-ring (bicyclic) bond motifs is 1. The Morgan fingerprint density at radius 2 is 1.76 bits per heavy atom. The summed E-state index contributed by atoms with van der Waals surface area (Å²) < 4.78 is 2.03. The summed E-state index contributed by atoms with van der Waals surface area (Å²) >= 11 is 0. The zero-order chi connectivity index (χ0) is 14.7. The maximum absolute atomic E-state index is 4.39. The molecule has 0 aliphatic heterocycles. The molecule has 2 aromatic carbocycles. The monoisotopic (exact) mass is 280 g/mol. The zero-order valence-electron chi connectivity index (χ0n) is 12.5. The van der Waals surface area contributed by atoms with E-state index in [0.29, 0.717) is 0 Å². The smallest absolute Gasteiger partial charge is 0.125 e. The van der Waals surface area contributed by atoms with E-state index in [9.17, 15) is 0 Å². The topological polar surface area (TPSA) is 34.0 Å². The first-order chi connectivity index (χ1) is 10.3. The van der Waals surface area contributed by atoms with Gasteiger partial charge in [-0.25, -0.2) is 4.68 Å². The third-order valence-electron chi connectivity index (χ3n) is 3.82. The van der Waals surface area contributed by atoms with Crippen molar-refractivity contribution in [1.82, 2.24) is 15.0 Å². The molecule has 4 nitrogen and oxygen atoms in total. The standard InChI is InChI=1S/C17H20N4/c1-3-9-17(20(2)14-10-5-4-6-11-14)21-16-13-8-7-12-15(16)18-19-21/h4-8,10-13,17H,3,9H2,1-2H3. The van der Waals surface area contributed by atoms with E-state index in [-0.39, 0.29) is 6.17 Å². The molecule has 0 saturated heterocycles. The maximum atomic E-state index is 4.39. The molecular formula is C17H20N4. The van der Waals surface area contributed by atoms with Gasteiger partial charge in [-0.3, -0.25) is 0 Å². The first kappa shape index (κ1) is 13.6. The van der Waals surface area contributed by atoms with Crippen LogP contribution < -0.4 is 4.90 Å². The van der Waals surface area contributed by atoms with Crippen molar-refractivity contribution < 1.29 is 0 Å². The van der Waals surface area contributed by atoms with E-state index in [1.165, 1.54) is 5.69 Å². The molecule has 108 valence electrons. The molecule has 0 saturated carbocycles. The number of hydrogen-bond donors (Lipinski definition) is 0.